The number of carboxylic acid groups (broad SMARTS) is 1. The van der Waals surface area contributed by atoms with Crippen molar-refractivity contribution in [3.05, 3.63) is 95.2 Å². The number of aryl methyl sites for hydroxylation is 1. The number of halogens is 3. The monoisotopic (exact) mass is 512 g/mol. The van der Waals surface area contributed by atoms with E-state index in [1.165, 1.54) is 12.1 Å². The van der Waals surface area contributed by atoms with Crippen LogP contribution in [-0.4, -0.2) is 35.0 Å². The van der Waals surface area contributed by atoms with Gasteiger partial charge in [0.2, 0.25) is 0 Å². The molecule has 0 radical (unpaired) electrons. The lowest BCUT2D eigenvalue weighted by molar-refractivity contribution is -0.139. The van der Waals surface area contributed by atoms with Crippen LogP contribution in [0.25, 0.3) is 11.3 Å². The minimum atomic E-state index is -4.47. The van der Waals surface area contributed by atoms with Gasteiger partial charge in [0.1, 0.15) is 22.9 Å². The van der Waals surface area contributed by atoms with Crippen molar-refractivity contribution in [3.8, 4) is 28.5 Å². The number of hydrogen-bond donors (Lipinski definition) is 2. The fourth-order valence-electron chi connectivity index (χ4n) is 3.67. The van der Waals surface area contributed by atoms with E-state index in [2.05, 4.69) is 10.2 Å². The first-order valence-electron chi connectivity index (χ1n) is 11.1. The lowest BCUT2D eigenvalue weighted by Crippen LogP contribution is -2.12. The van der Waals surface area contributed by atoms with E-state index in [9.17, 15) is 18.0 Å². The highest BCUT2D eigenvalue weighted by Crippen LogP contribution is 2.35. The van der Waals surface area contributed by atoms with Gasteiger partial charge in [0, 0.05) is 0 Å². The van der Waals surface area contributed by atoms with Gasteiger partial charge in [0.05, 0.1) is 18.4 Å². The zero-order chi connectivity index (χ0) is 26.6. The Morgan fingerprint density at radius 1 is 1.00 bits per heavy atom. The number of benzene rings is 3. The third-order valence-corrected chi connectivity index (χ3v) is 5.56. The first-order chi connectivity index (χ1) is 17.6. The second kappa shape index (κ2) is 10.7. The average Bonchev–Trinajstić information content (AvgIpc) is 3.36. The number of methoxy groups -OCH3 is 1. The Kier molecular flexibility index (Phi) is 7.37. The van der Waals surface area contributed by atoms with Crippen LogP contribution in [0.3, 0.4) is 0 Å². The van der Waals surface area contributed by atoms with E-state index in [1.54, 1.807) is 50.4 Å². The molecule has 1 aromatic heterocycles. The van der Waals surface area contributed by atoms with Gasteiger partial charge in [-0.2, -0.15) is 18.3 Å². The molecular weight excluding hydrogens is 489 g/mol. The van der Waals surface area contributed by atoms with Crippen molar-refractivity contribution in [2.75, 3.05) is 13.7 Å². The molecule has 2 N–H and O–H groups in total. The molecule has 0 bridgehead atoms. The van der Waals surface area contributed by atoms with Gasteiger partial charge in [0.25, 0.3) is 0 Å². The molecule has 10 heteroatoms. The first-order valence-corrected chi connectivity index (χ1v) is 11.1. The summed E-state index contributed by atoms with van der Waals surface area (Å²) in [6.45, 7) is 1.24. The number of ether oxygens (including phenoxy) is 3. The summed E-state index contributed by atoms with van der Waals surface area (Å²) >= 11 is 0. The number of rotatable bonds is 9. The molecule has 0 spiro atoms. The molecule has 4 rings (SSSR count). The molecule has 7 nitrogen and oxygen atoms in total. The first kappa shape index (κ1) is 25.6. The summed E-state index contributed by atoms with van der Waals surface area (Å²) in [5.41, 5.74) is 2.30. The van der Waals surface area contributed by atoms with Crippen LogP contribution in [0, 0.1) is 6.92 Å². The van der Waals surface area contributed by atoms with Gasteiger partial charge in [0.15, 0.2) is 12.7 Å². The minimum absolute atomic E-state index is 0.377. The van der Waals surface area contributed by atoms with E-state index in [0.717, 1.165) is 17.7 Å². The van der Waals surface area contributed by atoms with Gasteiger partial charge in [-0.1, -0.05) is 12.1 Å². The van der Waals surface area contributed by atoms with Crippen LogP contribution >= 0.6 is 0 Å². The summed E-state index contributed by atoms with van der Waals surface area (Å²) in [4.78, 5) is 10.8. The maximum absolute atomic E-state index is 13.1. The number of H-pyrrole nitrogens is 1. The molecule has 0 aliphatic rings. The lowest BCUT2D eigenvalue weighted by atomic mass is 10.0. The van der Waals surface area contributed by atoms with Crippen molar-refractivity contribution in [3.63, 3.8) is 0 Å². The number of nitrogens with one attached hydrogen (secondary N) is 1. The smallest absolute Gasteiger partial charge is 0.416 e. The van der Waals surface area contributed by atoms with E-state index >= 15 is 0 Å². The van der Waals surface area contributed by atoms with Gasteiger partial charge < -0.3 is 19.3 Å². The number of nitrogens with zero attached hydrogens (tertiary/aromatic N) is 1. The second-order valence-corrected chi connectivity index (χ2v) is 8.16. The number of aromatic nitrogens is 2. The van der Waals surface area contributed by atoms with Crippen LogP contribution in [0.4, 0.5) is 13.2 Å². The quantitative estimate of drug-likeness (QED) is 0.284. The molecule has 1 heterocycles. The third-order valence-electron chi connectivity index (χ3n) is 5.56. The van der Waals surface area contributed by atoms with Crippen molar-refractivity contribution < 1.29 is 37.3 Å². The maximum Gasteiger partial charge on any atom is 0.416 e. The predicted molar refractivity (Wildman–Crippen MR) is 129 cm³/mol. The topological polar surface area (TPSA) is 93.7 Å². The number of aliphatic carboxylic acids is 1. The maximum atomic E-state index is 13.1. The molecule has 1 atom stereocenters. The standard InChI is InChI=1S/C27H23F3N2O5/c1-16-13-21(11-12-24(16)36-15-25(33)34)37-26(18-3-7-19(8-4-18)27(28,29)30)23-14-22(31-32-23)17-5-9-20(35-2)10-6-17/h3-14,26H,15H2,1-2H3,(H,31,32)(H,33,34). The van der Waals surface area contributed by atoms with Gasteiger partial charge in [-0.15, -0.1) is 0 Å². The van der Waals surface area contributed by atoms with E-state index < -0.39 is 30.4 Å². The van der Waals surface area contributed by atoms with Crippen LogP contribution in [0.2, 0.25) is 0 Å². The van der Waals surface area contributed by atoms with Gasteiger partial charge in [-0.3, -0.25) is 5.10 Å². The van der Waals surface area contributed by atoms with Crippen molar-refractivity contribution in [2.45, 2.75) is 19.2 Å². The molecular formula is C27H23F3N2O5. The number of alkyl halides is 3. The molecule has 37 heavy (non-hydrogen) atoms. The van der Waals surface area contributed by atoms with Gasteiger partial charge in [-0.05, 0) is 84.3 Å². The van der Waals surface area contributed by atoms with E-state index in [1.807, 2.05) is 12.1 Å². The summed E-state index contributed by atoms with van der Waals surface area (Å²) in [6, 6.07) is 18.6. The number of carbonyl (C=O) groups is 1. The highest BCUT2D eigenvalue weighted by atomic mass is 19.4. The molecule has 0 aliphatic heterocycles. The summed E-state index contributed by atoms with van der Waals surface area (Å²) < 4.78 is 56.0. The fraction of sp³-hybridized carbons (Fsp3) is 0.185. The van der Waals surface area contributed by atoms with Crippen LogP contribution < -0.4 is 14.2 Å². The zero-order valence-corrected chi connectivity index (χ0v) is 19.9. The van der Waals surface area contributed by atoms with Crippen molar-refractivity contribution >= 4 is 5.97 Å². The fourth-order valence-corrected chi connectivity index (χ4v) is 3.67. The Labute approximate surface area is 210 Å². The number of hydrogen-bond acceptors (Lipinski definition) is 5. The van der Waals surface area contributed by atoms with Crippen LogP contribution in [0.15, 0.2) is 72.8 Å². The molecule has 3 aromatic carbocycles. The molecule has 0 saturated carbocycles. The summed E-state index contributed by atoms with van der Waals surface area (Å²) in [7, 11) is 1.57. The van der Waals surface area contributed by atoms with Crippen LogP contribution in [0.5, 0.6) is 17.2 Å². The van der Waals surface area contributed by atoms with Crippen LogP contribution in [0.1, 0.15) is 28.5 Å². The predicted octanol–water partition coefficient (Wildman–Crippen LogP) is 6.04. The molecule has 0 saturated heterocycles. The Bertz CT molecular complexity index is 1370. The molecule has 0 amide bonds. The molecule has 192 valence electrons. The number of aromatic amines is 1. The van der Waals surface area contributed by atoms with E-state index in [4.69, 9.17) is 19.3 Å². The third kappa shape index (κ3) is 6.21. The Morgan fingerprint density at radius 2 is 1.68 bits per heavy atom. The van der Waals surface area contributed by atoms with Crippen LogP contribution in [-0.2, 0) is 11.0 Å². The molecule has 0 aliphatic carbocycles. The molecule has 0 fully saturated rings. The normalized spacial score (nSPS) is 12.1. The van der Waals surface area contributed by atoms with E-state index in [0.29, 0.717) is 39.8 Å². The van der Waals surface area contributed by atoms with Gasteiger partial charge in [-0.25, -0.2) is 4.79 Å². The molecule has 4 aromatic rings. The van der Waals surface area contributed by atoms with Crippen molar-refractivity contribution in [2.24, 2.45) is 0 Å². The van der Waals surface area contributed by atoms with Crippen molar-refractivity contribution in [1.82, 2.24) is 10.2 Å². The Hall–Kier alpha value is -4.47. The SMILES string of the molecule is COc1ccc(-c2cc(C(Oc3ccc(OCC(=O)O)c(C)c3)c3ccc(C(F)(F)F)cc3)n[nH]2)cc1. The summed E-state index contributed by atoms with van der Waals surface area (Å²) in [5.74, 6) is 0.371. The zero-order valence-electron chi connectivity index (χ0n) is 19.9. The van der Waals surface area contributed by atoms with Crippen molar-refractivity contribution in [1.29, 1.82) is 0 Å². The van der Waals surface area contributed by atoms with E-state index in [-0.39, 0.29) is 0 Å². The minimum Gasteiger partial charge on any atom is -0.497 e. The summed E-state index contributed by atoms with van der Waals surface area (Å²) in [6.07, 6.45) is -5.30. The summed E-state index contributed by atoms with van der Waals surface area (Å²) in [5, 5.41) is 16.2. The Balaban J connectivity index is 1.66. The largest absolute Gasteiger partial charge is 0.497 e. The molecule has 1 unspecified atom stereocenters. The lowest BCUT2D eigenvalue weighted by Gasteiger charge is -2.19. The second-order valence-electron chi connectivity index (χ2n) is 8.16. The Morgan fingerprint density at radius 3 is 2.27 bits per heavy atom. The number of carboxylic acids is 1. The van der Waals surface area contributed by atoms with Gasteiger partial charge >= 0.3 is 12.1 Å². The highest BCUT2D eigenvalue weighted by Gasteiger charge is 2.31. The average molecular weight is 512 g/mol. The highest BCUT2D eigenvalue weighted by molar-refractivity contribution is 5.68.